The number of aliphatic hydroxyl groups is 2. The fraction of sp³-hybridized carbons (Fsp3) is 0.833. The van der Waals surface area contributed by atoms with Gasteiger partial charge in [-0.1, -0.05) is 69.8 Å². The second-order valence-electron chi connectivity index (χ2n) is 7.98. The molecule has 0 aromatic heterocycles. The lowest BCUT2D eigenvalue weighted by molar-refractivity contribution is 0.0850. The van der Waals surface area contributed by atoms with Crippen molar-refractivity contribution in [1.29, 1.82) is 0 Å². The molecule has 0 saturated carbocycles. The van der Waals surface area contributed by atoms with E-state index >= 15 is 0 Å². The molecule has 1 aliphatic rings. The number of allylic oxidation sites excluding steroid dienone is 4. The second kappa shape index (κ2) is 17.9. The summed E-state index contributed by atoms with van der Waals surface area (Å²) in [6, 6.07) is 0. The highest BCUT2D eigenvalue weighted by atomic mass is 32.2. The van der Waals surface area contributed by atoms with Gasteiger partial charge in [-0.05, 0) is 62.9 Å². The molecule has 1 unspecified atom stereocenters. The standard InChI is InChI=1S/C24H44O2S2/c1-2-3-4-5-6-7-8-9-10-11-12-13-14-15-16-18-24(21-23(26)22-25)27-19-17-20-28-24/h6-7,9-10,23,25-26H,2-5,8,11-22H2,1H3/b7-6-,10-9-. The van der Waals surface area contributed by atoms with E-state index in [0.717, 1.165) is 12.8 Å². The van der Waals surface area contributed by atoms with Gasteiger partial charge in [-0.15, -0.1) is 23.5 Å². The van der Waals surface area contributed by atoms with Gasteiger partial charge in [-0.3, -0.25) is 0 Å². The zero-order chi connectivity index (χ0) is 20.3. The van der Waals surface area contributed by atoms with Gasteiger partial charge >= 0.3 is 0 Å². The highest BCUT2D eigenvalue weighted by molar-refractivity contribution is 8.18. The van der Waals surface area contributed by atoms with Crippen molar-refractivity contribution in [2.75, 3.05) is 18.1 Å². The zero-order valence-electron chi connectivity index (χ0n) is 18.1. The van der Waals surface area contributed by atoms with Gasteiger partial charge in [0.15, 0.2) is 0 Å². The zero-order valence-corrected chi connectivity index (χ0v) is 19.8. The molecule has 0 aromatic rings. The predicted molar refractivity (Wildman–Crippen MR) is 129 cm³/mol. The SMILES string of the molecule is CCCCC/C=C\C/C=C\CCCCCCCC1(CC(O)CO)SCCCS1. The number of hydrogen-bond acceptors (Lipinski definition) is 4. The molecule has 1 aliphatic heterocycles. The molecular formula is C24H44O2S2. The van der Waals surface area contributed by atoms with E-state index in [1.54, 1.807) is 0 Å². The van der Waals surface area contributed by atoms with Gasteiger partial charge in [-0.2, -0.15) is 0 Å². The molecule has 1 atom stereocenters. The average Bonchev–Trinajstić information content (AvgIpc) is 2.71. The minimum absolute atomic E-state index is 0.106. The largest absolute Gasteiger partial charge is 0.394 e. The van der Waals surface area contributed by atoms with Crippen molar-refractivity contribution in [3.05, 3.63) is 24.3 Å². The Hall–Kier alpha value is 0.1000. The van der Waals surface area contributed by atoms with E-state index in [0.29, 0.717) is 0 Å². The van der Waals surface area contributed by atoms with Crippen LogP contribution in [0.5, 0.6) is 0 Å². The van der Waals surface area contributed by atoms with Crippen LogP contribution in [-0.4, -0.2) is 38.5 Å². The molecule has 0 aliphatic carbocycles. The van der Waals surface area contributed by atoms with Crippen molar-refractivity contribution in [3.63, 3.8) is 0 Å². The summed E-state index contributed by atoms with van der Waals surface area (Å²) >= 11 is 4.04. The molecule has 4 heteroatoms. The maximum absolute atomic E-state index is 9.91. The summed E-state index contributed by atoms with van der Waals surface area (Å²) in [6.45, 7) is 2.15. The Morgan fingerprint density at radius 3 is 2.11 bits per heavy atom. The van der Waals surface area contributed by atoms with Gasteiger partial charge in [0.25, 0.3) is 0 Å². The minimum atomic E-state index is -0.559. The molecular weight excluding hydrogens is 384 g/mol. The van der Waals surface area contributed by atoms with Crippen molar-refractivity contribution in [1.82, 2.24) is 0 Å². The van der Waals surface area contributed by atoms with Crippen LogP contribution < -0.4 is 0 Å². The Morgan fingerprint density at radius 1 is 0.857 bits per heavy atom. The van der Waals surface area contributed by atoms with Crippen LogP contribution in [0.1, 0.15) is 96.8 Å². The molecule has 2 nitrogen and oxygen atoms in total. The molecule has 1 rings (SSSR count). The number of unbranched alkanes of at least 4 members (excludes halogenated alkanes) is 8. The van der Waals surface area contributed by atoms with Crippen LogP contribution in [0.3, 0.4) is 0 Å². The Balaban J connectivity index is 2.02. The summed E-state index contributed by atoms with van der Waals surface area (Å²) in [5.74, 6) is 2.40. The third kappa shape index (κ3) is 13.3. The van der Waals surface area contributed by atoms with Crippen LogP contribution >= 0.6 is 23.5 Å². The Kier molecular flexibility index (Phi) is 16.7. The van der Waals surface area contributed by atoms with Crippen LogP contribution in [0.4, 0.5) is 0 Å². The Labute approximate surface area is 183 Å². The molecule has 1 saturated heterocycles. The summed E-state index contributed by atoms with van der Waals surface area (Å²) in [5.41, 5.74) is 0. The summed E-state index contributed by atoms with van der Waals surface area (Å²) in [5, 5.41) is 19.1. The highest BCUT2D eigenvalue weighted by Gasteiger charge is 2.35. The van der Waals surface area contributed by atoms with E-state index in [4.69, 9.17) is 0 Å². The van der Waals surface area contributed by atoms with Gasteiger partial charge in [0.05, 0.1) is 16.8 Å². The van der Waals surface area contributed by atoms with Gasteiger partial charge in [-0.25, -0.2) is 0 Å². The van der Waals surface area contributed by atoms with Crippen molar-refractivity contribution in [2.24, 2.45) is 0 Å². The van der Waals surface area contributed by atoms with Crippen LogP contribution in [0.2, 0.25) is 0 Å². The van der Waals surface area contributed by atoms with Crippen LogP contribution in [0, 0.1) is 0 Å². The van der Waals surface area contributed by atoms with Crippen LogP contribution in [0.25, 0.3) is 0 Å². The van der Waals surface area contributed by atoms with Crippen molar-refractivity contribution >= 4 is 23.5 Å². The first kappa shape index (κ1) is 26.1. The molecule has 2 N–H and O–H groups in total. The predicted octanol–water partition coefficient (Wildman–Crippen LogP) is 7.11. The summed E-state index contributed by atoms with van der Waals surface area (Å²) in [4.78, 5) is 0. The van der Waals surface area contributed by atoms with E-state index in [-0.39, 0.29) is 10.7 Å². The maximum Gasteiger partial charge on any atom is 0.0792 e. The van der Waals surface area contributed by atoms with Crippen LogP contribution in [0.15, 0.2) is 24.3 Å². The third-order valence-electron chi connectivity index (χ3n) is 5.28. The maximum atomic E-state index is 9.91. The quantitative estimate of drug-likeness (QED) is 0.191. The first-order chi connectivity index (χ1) is 13.7. The number of hydrogen-bond donors (Lipinski definition) is 2. The summed E-state index contributed by atoms with van der Waals surface area (Å²) in [6.07, 6.45) is 25.9. The van der Waals surface area contributed by atoms with Crippen molar-refractivity contribution in [2.45, 2.75) is 107 Å². The van der Waals surface area contributed by atoms with E-state index in [2.05, 4.69) is 31.2 Å². The Bertz CT molecular complexity index is 403. The average molecular weight is 429 g/mol. The van der Waals surface area contributed by atoms with E-state index in [9.17, 15) is 10.2 Å². The lowest BCUT2D eigenvalue weighted by atomic mass is 10.0. The molecule has 28 heavy (non-hydrogen) atoms. The van der Waals surface area contributed by atoms with E-state index in [1.807, 2.05) is 23.5 Å². The topological polar surface area (TPSA) is 40.5 Å². The van der Waals surface area contributed by atoms with Crippen LogP contribution in [-0.2, 0) is 0 Å². The molecule has 0 aromatic carbocycles. The normalized spacial score (nSPS) is 18.2. The highest BCUT2D eigenvalue weighted by Crippen LogP contribution is 2.48. The van der Waals surface area contributed by atoms with Gasteiger partial charge < -0.3 is 10.2 Å². The lowest BCUT2D eigenvalue weighted by Gasteiger charge is -2.37. The lowest BCUT2D eigenvalue weighted by Crippen LogP contribution is -2.31. The van der Waals surface area contributed by atoms with Gasteiger partial charge in [0, 0.05) is 0 Å². The monoisotopic (exact) mass is 428 g/mol. The van der Waals surface area contributed by atoms with Gasteiger partial charge in [0.1, 0.15) is 0 Å². The molecule has 0 amide bonds. The smallest absolute Gasteiger partial charge is 0.0792 e. The van der Waals surface area contributed by atoms with Crippen molar-refractivity contribution in [3.8, 4) is 0 Å². The fourth-order valence-electron chi connectivity index (χ4n) is 3.61. The summed E-state index contributed by atoms with van der Waals surface area (Å²) in [7, 11) is 0. The molecule has 0 spiro atoms. The second-order valence-corrected chi connectivity index (χ2v) is 11.2. The molecule has 0 bridgehead atoms. The molecule has 1 heterocycles. The molecule has 0 radical (unpaired) electrons. The van der Waals surface area contributed by atoms with Gasteiger partial charge in [0.2, 0.25) is 0 Å². The molecule has 1 fully saturated rings. The van der Waals surface area contributed by atoms with E-state index in [1.165, 1.54) is 88.6 Å². The van der Waals surface area contributed by atoms with E-state index < -0.39 is 6.10 Å². The summed E-state index contributed by atoms with van der Waals surface area (Å²) < 4.78 is 0.146. The number of aliphatic hydroxyl groups excluding tert-OH is 2. The first-order valence-electron chi connectivity index (χ1n) is 11.6. The fourth-order valence-corrected chi connectivity index (χ4v) is 7.15. The minimum Gasteiger partial charge on any atom is -0.394 e. The third-order valence-corrected chi connectivity index (χ3v) is 8.77. The first-order valence-corrected chi connectivity index (χ1v) is 13.6. The number of thioether (sulfide) groups is 2. The molecule has 164 valence electrons. The Morgan fingerprint density at radius 2 is 1.46 bits per heavy atom. The number of rotatable bonds is 17. The van der Waals surface area contributed by atoms with Crippen molar-refractivity contribution < 1.29 is 10.2 Å².